The molecule has 0 aliphatic carbocycles. The summed E-state index contributed by atoms with van der Waals surface area (Å²) in [5, 5.41) is 0. The van der Waals surface area contributed by atoms with Crippen LogP contribution in [0.25, 0.3) is 0 Å². The summed E-state index contributed by atoms with van der Waals surface area (Å²) in [4.78, 5) is 9.12. The quantitative estimate of drug-likeness (QED) is 0.0723. The Labute approximate surface area is 238 Å². The number of rotatable bonds is 23. The van der Waals surface area contributed by atoms with Crippen molar-refractivity contribution >= 4 is 29.0 Å². The highest BCUT2D eigenvalue weighted by molar-refractivity contribution is 6.61. The molecule has 0 rings (SSSR count). The average Bonchev–Trinajstić information content (AvgIpc) is 2.85. The molecule has 0 aromatic heterocycles. The van der Waals surface area contributed by atoms with Crippen molar-refractivity contribution < 1.29 is 26.6 Å². The predicted molar refractivity (Wildman–Crippen MR) is 166 cm³/mol. The maximum atomic E-state index is 5.83. The Hall–Kier alpha value is -0.466. The summed E-state index contributed by atoms with van der Waals surface area (Å²) >= 11 is 0. The molecule has 8 nitrogen and oxygen atoms in total. The van der Waals surface area contributed by atoms with Crippen molar-refractivity contribution in [1.29, 1.82) is 0 Å². The molecule has 0 unspecified atom stereocenters. The highest BCUT2D eigenvalue weighted by atomic mass is 28.4. The standard InChI is InChI=1S/C15H33NO3Si.C13H29NO3Si/c1-7-17-20(18-8-2,19-9-3)12-10-11-16-15(6)13-14(4)5;1-6-13(5)14-11-10-12-18(15-7-2,16-8-3)17-9-4/h14H,7-13H2,1-6H3;6-12H2,1-5H3/b16-15+;14-13-. The first-order valence-corrected chi connectivity index (χ1v) is 18.8. The monoisotopic (exact) mass is 578 g/mol. The number of nitrogens with zero attached hydrogens (tertiary/aromatic N) is 2. The Morgan fingerprint density at radius 2 is 0.868 bits per heavy atom. The Bertz CT molecular complexity index is 572. The third-order valence-electron chi connectivity index (χ3n) is 5.45. The van der Waals surface area contributed by atoms with Crippen molar-refractivity contribution in [1.82, 2.24) is 0 Å². The van der Waals surface area contributed by atoms with Gasteiger partial charge in [0.2, 0.25) is 0 Å². The van der Waals surface area contributed by atoms with Crippen LogP contribution >= 0.6 is 0 Å². The maximum absolute atomic E-state index is 5.83. The smallest absolute Gasteiger partial charge is 0.374 e. The molecule has 0 bridgehead atoms. The zero-order valence-electron chi connectivity index (χ0n) is 26.8. The maximum Gasteiger partial charge on any atom is 0.500 e. The highest BCUT2D eigenvalue weighted by Crippen LogP contribution is 2.19. The van der Waals surface area contributed by atoms with E-state index in [2.05, 4.69) is 44.6 Å². The van der Waals surface area contributed by atoms with E-state index < -0.39 is 17.6 Å². The van der Waals surface area contributed by atoms with Crippen LogP contribution in [0.3, 0.4) is 0 Å². The van der Waals surface area contributed by atoms with E-state index in [4.69, 9.17) is 26.6 Å². The molecule has 228 valence electrons. The van der Waals surface area contributed by atoms with Gasteiger partial charge in [-0.1, -0.05) is 20.8 Å². The fraction of sp³-hybridized carbons (Fsp3) is 0.929. The molecule has 38 heavy (non-hydrogen) atoms. The van der Waals surface area contributed by atoms with E-state index in [1.165, 1.54) is 11.4 Å². The van der Waals surface area contributed by atoms with Crippen LogP contribution < -0.4 is 0 Å². The van der Waals surface area contributed by atoms with Crippen molar-refractivity contribution in [3.63, 3.8) is 0 Å². The Balaban J connectivity index is 0. The molecule has 0 aromatic rings. The SMILES string of the molecule is CCO[Si](CCC/N=C(/C)CC)(OCC)OCC.CCO[Si](CCC/N=C(\C)CC(C)C)(OCC)OCC. The van der Waals surface area contributed by atoms with Gasteiger partial charge >= 0.3 is 17.6 Å². The minimum absolute atomic E-state index is 0.641. The van der Waals surface area contributed by atoms with Gasteiger partial charge in [-0.2, -0.15) is 0 Å². The van der Waals surface area contributed by atoms with Crippen molar-refractivity contribution in [2.75, 3.05) is 52.7 Å². The summed E-state index contributed by atoms with van der Waals surface area (Å²) in [5.74, 6) is 0.669. The number of hydrogen-bond acceptors (Lipinski definition) is 8. The van der Waals surface area contributed by atoms with E-state index in [9.17, 15) is 0 Å². The third-order valence-corrected chi connectivity index (χ3v) is 11.7. The van der Waals surface area contributed by atoms with Gasteiger partial charge in [0.1, 0.15) is 0 Å². The highest BCUT2D eigenvalue weighted by Gasteiger charge is 2.40. The fourth-order valence-electron chi connectivity index (χ4n) is 3.90. The van der Waals surface area contributed by atoms with Gasteiger partial charge in [0, 0.05) is 76.2 Å². The van der Waals surface area contributed by atoms with Gasteiger partial charge in [-0.3, -0.25) is 9.98 Å². The van der Waals surface area contributed by atoms with Crippen molar-refractivity contribution in [3.8, 4) is 0 Å². The molecule has 0 aromatic carbocycles. The van der Waals surface area contributed by atoms with Crippen LogP contribution in [0.1, 0.15) is 102 Å². The third kappa shape index (κ3) is 20.4. The van der Waals surface area contributed by atoms with Gasteiger partial charge in [-0.15, -0.1) is 0 Å². The molecule has 0 fully saturated rings. The van der Waals surface area contributed by atoms with Crippen molar-refractivity contribution in [2.45, 2.75) is 114 Å². The van der Waals surface area contributed by atoms with Crippen molar-refractivity contribution in [2.24, 2.45) is 15.9 Å². The van der Waals surface area contributed by atoms with Crippen LogP contribution in [-0.2, 0) is 26.6 Å². The average molecular weight is 579 g/mol. The molecular formula is C28H62N2O6Si2. The topological polar surface area (TPSA) is 80.1 Å². The summed E-state index contributed by atoms with van der Waals surface area (Å²) in [6.07, 6.45) is 4.02. The molecule has 0 aliphatic heterocycles. The molecule has 0 saturated carbocycles. The Kier molecular flexibility index (Phi) is 26.6. The van der Waals surface area contributed by atoms with E-state index >= 15 is 0 Å². The minimum atomic E-state index is -2.47. The number of hydrogen-bond donors (Lipinski definition) is 0. The van der Waals surface area contributed by atoms with Gasteiger partial charge < -0.3 is 26.6 Å². The summed E-state index contributed by atoms with van der Waals surface area (Å²) in [7, 11) is -4.92. The summed E-state index contributed by atoms with van der Waals surface area (Å²) in [5.41, 5.74) is 2.43. The lowest BCUT2D eigenvalue weighted by Crippen LogP contribution is -2.46. The van der Waals surface area contributed by atoms with Gasteiger partial charge in [-0.05, 0) is 87.0 Å². The zero-order valence-corrected chi connectivity index (χ0v) is 28.8. The zero-order chi connectivity index (χ0) is 29.3. The lowest BCUT2D eigenvalue weighted by Gasteiger charge is -2.28. The Morgan fingerprint density at radius 3 is 1.13 bits per heavy atom. The summed E-state index contributed by atoms with van der Waals surface area (Å²) in [6.45, 7) is 28.2. The molecule has 10 heteroatoms. The van der Waals surface area contributed by atoms with E-state index in [0.29, 0.717) is 45.6 Å². The molecule has 0 atom stereocenters. The van der Waals surface area contributed by atoms with Crippen molar-refractivity contribution in [3.05, 3.63) is 0 Å². The largest absolute Gasteiger partial charge is 0.500 e. The normalized spacial score (nSPS) is 13.2. The predicted octanol–water partition coefficient (Wildman–Crippen LogP) is 7.23. The van der Waals surface area contributed by atoms with Gasteiger partial charge in [0.05, 0.1) is 0 Å². The minimum Gasteiger partial charge on any atom is -0.374 e. The van der Waals surface area contributed by atoms with Crippen LogP contribution in [-0.4, -0.2) is 81.8 Å². The molecule has 0 N–H and O–H groups in total. The van der Waals surface area contributed by atoms with Crippen LogP contribution in [0.2, 0.25) is 12.1 Å². The van der Waals surface area contributed by atoms with Crippen LogP contribution in [0.15, 0.2) is 9.98 Å². The Morgan fingerprint density at radius 1 is 0.553 bits per heavy atom. The summed E-state index contributed by atoms with van der Waals surface area (Å²) in [6, 6.07) is 1.70. The first kappa shape index (κ1) is 39.7. The van der Waals surface area contributed by atoms with Crippen LogP contribution in [0.4, 0.5) is 0 Å². The van der Waals surface area contributed by atoms with E-state index in [-0.39, 0.29) is 0 Å². The van der Waals surface area contributed by atoms with E-state index in [0.717, 1.165) is 50.9 Å². The first-order valence-electron chi connectivity index (χ1n) is 15.0. The van der Waals surface area contributed by atoms with E-state index in [1.807, 2.05) is 41.5 Å². The lowest BCUT2D eigenvalue weighted by molar-refractivity contribution is 0.0702. The summed E-state index contributed by atoms with van der Waals surface area (Å²) < 4.78 is 34.9. The molecule has 0 spiro atoms. The molecule has 0 saturated heterocycles. The van der Waals surface area contributed by atoms with Gasteiger partial charge in [0.15, 0.2) is 0 Å². The molecule has 0 aliphatic rings. The molecule has 0 radical (unpaired) electrons. The second-order valence-electron chi connectivity index (χ2n) is 9.36. The first-order chi connectivity index (χ1) is 18.1. The molecular weight excluding hydrogens is 516 g/mol. The van der Waals surface area contributed by atoms with Crippen LogP contribution in [0, 0.1) is 5.92 Å². The second kappa shape index (κ2) is 25.5. The second-order valence-corrected chi connectivity index (χ2v) is 14.8. The molecule has 0 heterocycles. The van der Waals surface area contributed by atoms with E-state index in [1.54, 1.807) is 0 Å². The lowest BCUT2D eigenvalue weighted by atomic mass is 10.1. The van der Waals surface area contributed by atoms with Gasteiger partial charge in [-0.25, -0.2) is 0 Å². The van der Waals surface area contributed by atoms with Crippen LogP contribution in [0.5, 0.6) is 0 Å². The molecule has 0 amide bonds. The number of aliphatic imine (C=N–C) groups is 2. The fourth-order valence-corrected chi connectivity index (χ4v) is 9.09. The van der Waals surface area contributed by atoms with Gasteiger partial charge in [0.25, 0.3) is 0 Å².